The molecule has 1 aliphatic heterocycles. The van der Waals surface area contributed by atoms with Gasteiger partial charge in [0, 0.05) is 46.8 Å². The SMILES string of the molecule is Cc1ccccc1CN1CCN(C(C)C(=O)c2c(N)n(C)c(=O)n(C)c2=O)CC1. The first-order valence-electron chi connectivity index (χ1n) is 9.83. The van der Waals surface area contributed by atoms with Crippen LogP contribution in [0.5, 0.6) is 0 Å². The average Bonchev–Trinajstić information content (AvgIpc) is 2.72. The van der Waals surface area contributed by atoms with Crippen LogP contribution in [0.2, 0.25) is 0 Å². The first-order valence-corrected chi connectivity index (χ1v) is 9.83. The average molecular weight is 399 g/mol. The topological polar surface area (TPSA) is 93.6 Å². The molecule has 2 N–H and O–H groups in total. The molecule has 1 aromatic heterocycles. The van der Waals surface area contributed by atoms with E-state index in [9.17, 15) is 14.4 Å². The van der Waals surface area contributed by atoms with Crippen molar-refractivity contribution in [3.63, 3.8) is 0 Å². The van der Waals surface area contributed by atoms with Crippen molar-refractivity contribution in [3.8, 4) is 0 Å². The van der Waals surface area contributed by atoms with Crippen molar-refractivity contribution in [1.29, 1.82) is 0 Å². The van der Waals surface area contributed by atoms with E-state index in [4.69, 9.17) is 5.73 Å². The van der Waals surface area contributed by atoms with Crippen molar-refractivity contribution in [2.24, 2.45) is 14.1 Å². The Morgan fingerprint density at radius 3 is 2.31 bits per heavy atom. The lowest BCUT2D eigenvalue weighted by Gasteiger charge is -2.37. The number of ketones is 1. The van der Waals surface area contributed by atoms with E-state index in [2.05, 4.69) is 34.9 Å². The van der Waals surface area contributed by atoms with Gasteiger partial charge in [0.2, 0.25) is 0 Å². The summed E-state index contributed by atoms with van der Waals surface area (Å²) in [6.07, 6.45) is 0. The van der Waals surface area contributed by atoms with Crippen LogP contribution in [0.3, 0.4) is 0 Å². The Balaban J connectivity index is 1.71. The number of nitrogens with two attached hydrogens (primary N) is 1. The van der Waals surface area contributed by atoms with Gasteiger partial charge in [-0.2, -0.15) is 0 Å². The maximum atomic E-state index is 13.1. The number of nitrogens with zero attached hydrogens (tertiary/aromatic N) is 4. The van der Waals surface area contributed by atoms with Crippen molar-refractivity contribution in [2.45, 2.75) is 26.4 Å². The van der Waals surface area contributed by atoms with E-state index in [0.29, 0.717) is 0 Å². The Morgan fingerprint density at radius 1 is 1.07 bits per heavy atom. The summed E-state index contributed by atoms with van der Waals surface area (Å²) < 4.78 is 2.07. The smallest absolute Gasteiger partial charge is 0.332 e. The van der Waals surface area contributed by atoms with Gasteiger partial charge in [-0.05, 0) is 25.0 Å². The van der Waals surface area contributed by atoms with Gasteiger partial charge in [-0.15, -0.1) is 0 Å². The van der Waals surface area contributed by atoms with E-state index >= 15 is 0 Å². The lowest BCUT2D eigenvalue weighted by atomic mass is 10.0. The summed E-state index contributed by atoms with van der Waals surface area (Å²) in [6.45, 7) is 7.93. The number of hydrogen-bond donors (Lipinski definition) is 1. The minimum absolute atomic E-state index is 0.0758. The largest absolute Gasteiger partial charge is 0.384 e. The maximum absolute atomic E-state index is 13.1. The lowest BCUT2D eigenvalue weighted by Crippen LogP contribution is -2.52. The number of anilines is 1. The number of benzene rings is 1. The highest BCUT2D eigenvalue weighted by Gasteiger charge is 2.30. The highest BCUT2D eigenvalue weighted by atomic mass is 16.2. The summed E-state index contributed by atoms with van der Waals surface area (Å²) in [6, 6.07) is 7.87. The fourth-order valence-corrected chi connectivity index (χ4v) is 3.80. The number of hydrogen-bond acceptors (Lipinski definition) is 6. The summed E-state index contributed by atoms with van der Waals surface area (Å²) in [5, 5.41) is 0. The second-order valence-electron chi connectivity index (χ2n) is 7.74. The zero-order chi connectivity index (χ0) is 21.3. The second-order valence-corrected chi connectivity index (χ2v) is 7.74. The zero-order valence-corrected chi connectivity index (χ0v) is 17.5. The zero-order valence-electron chi connectivity index (χ0n) is 17.5. The van der Waals surface area contributed by atoms with Gasteiger partial charge in [0.25, 0.3) is 5.56 Å². The van der Waals surface area contributed by atoms with Crippen molar-refractivity contribution >= 4 is 11.6 Å². The van der Waals surface area contributed by atoms with E-state index < -0.39 is 17.3 Å². The molecule has 1 atom stereocenters. The van der Waals surface area contributed by atoms with Crippen molar-refractivity contribution in [2.75, 3.05) is 31.9 Å². The molecule has 0 radical (unpaired) electrons. The van der Waals surface area contributed by atoms with Gasteiger partial charge in [0.15, 0.2) is 5.78 Å². The highest BCUT2D eigenvalue weighted by Crippen LogP contribution is 2.16. The molecule has 1 aromatic carbocycles. The summed E-state index contributed by atoms with van der Waals surface area (Å²) in [4.78, 5) is 42.0. The minimum Gasteiger partial charge on any atom is -0.384 e. The monoisotopic (exact) mass is 399 g/mol. The predicted molar refractivity (Wildman–Crippen MR) is 113 cm³/mol. The molecule has 0 bridgehead atoms. The standard InChI is InChI=1S/C21H29N5O3/c1-14-7-5-6-8-16(14)13-25-9-11-26(12-10-25)15(2)18(27)17-19(22)23(3)21(29)24(4)20(17)28/h5-8,15H,9-13,22H2,1-4H3. The fourth-order valence-electron chi connectivity index (χ4n) is 3.80. The van der Waals surface area contributed by atoms with Crippen LogP contribution < -0.4 is 17.0 Å². The number of rotatable bonds is 5. The van der Waals surface area contributed by atoms with Crippen LogP contribution in [-0.2, 0) is 20.6 Å². The van der Waals surface area contributed by atoms with Crippen LogP contribution in [0.15, 0.2) is 33.9 Å². The van der Waals surface area contributed by atoms with E-state index in [1.165, 1.54) is 25.2 Å². The van der Waals surface area contributed by atoms with Gasteiger partial charge in [-0.1, -0.05) is 24.3 Å². The summed E-state index contributed by atoms with van der Waals surface area (Å²) in [7, 11) is 2.82. The Kier molecular flexibility index (Phi) is 6.04. The van der Waals surface area contributed by atoms with Crippen LogP contribution >= 0.6 is 0 Å². The third-order valence-corrected chi connectivity index (χ3v) is 5.95. The molecular formula is C21H29N5O3. The molecule has 2 aromatic rings. The molecule has 0 saturated carbocycles. The Hall–Kier alpha value is -2.71. The number of nitrogen functional groups attached to an aromatic ring is 1. The molecule has 8 heteroatoms. The third-order valence-electron chi connectivity index (χ3n) is 5.95. The molecule has 2 heterocycles. The van der Waals surface area contributed by atoms with Gasteiger partial charge in [-0.25, -0.2) is 4.79 Å². The van der Waals surface area contributed by atoms with Crippen molar-refractivity contribution < 1.29 is 4.79 Å². The molecule has 0 amide bonds. The molecule has 0 spiro atoms. The molecule has 3 rings (SSSR count). The van der Waals surface area contributed by atoms with Crippen LogP contribution in [0.25, 0.3) is 0 Å². The number of Topliss-reactive ketones (excluding diaryl/α,β-unsaturated/α-hetero) is 1. The van der Waals surface area contributed by atoms with Gasteiger partial charge < -0.3 is 5.73 Å². The molecule has 8 nitrogen and oxygen atoms in total. The normalized spacial score (nSPS) is 16.7. The summed E-state index contributed by atoms with van der Waals surface area (Å²) in [5.74, 6) is -0.417. The maximum Gasteiger partial charge on any atom is 0.332 e. The Labute approximate surface area is 170 Å². The number of carbonyl (C=O) groups excluding carboxylic acids is 1. The quantitative estimate of drug-likeness (QED) is 0.730. The Morgan fingerprint density at radius 2 is 1.69 bits per heavy atom. The van der Waals surface area contributed by atoms with Gasteiger partial charge in [0.05, 0.1) is 6.04 Å². The third kappa shape index (κ3) is 4.04. The van der Waals surface area contributed by atoms with Crippen LogP contribution in [0, 0.1) is 6.92 Å². The van der Waals surface area contributed by atoms with Crippen LogP contribution in [0.1, 0.15) is 28.4 Å². The summed E-state index contributed by atoms with van der Waals surface area (Å²) in [5.41, 5.74) is 7.25. The predicted octanol–water partition coefficient (Wildman–Crippen LogP) is 0.364. The van der Waals surface area contributed by atoms with E-state index in [0.717, 1.165) is 41.9 Å². The van der Waals surface area contributed by atoms with E-state index in [1.807, 2.05) is 6.07 Å². The molecule has 1 saturated heterocycles. The van der Waals surface area contributed by atoms with E-state index in [-0.39, 0.29) is 17.2 Å². The van der Waals surface area contributed by atoms with Crippen LogP contribution in [-0.4, -0.2) is 56.9 Å². The molecule has 1 unspecified atom stereocenters. The number of piperazine rings is 1. The first kappa shape index (κ1) is 21.0. The van der Waals surface area contributed by atoms with Gasteiger partial charge >= 0.3 is 5.69 Å². The highest BCUT2D eigenvalue weighted by molar-refractivity contribution is 6.03. The van der Waals surface area contributed by atoms with Crippen molar-refractivity contribution in [1.82, 2.24) is 18.9 Å². The minimum atomic E-state index is -0.638. The number of carbonyl (C=O) groups is 1. The molecule has 29 heavy (non-hydrogen) atoms. The first-order chi connectivity index (χ1) is 13.7. The number of aromatic nitrogens is 2. The lowest BCUT2D eigenvalue weighted by molar-refractivity contribution is 0.0685. The van der Waals surface area contributed by atoms with Gasteiger partial charge in [0.1, 0.15) is 11.4 Å². The molecule has 0 aliphatic carbocycles. The second kappa shape index (κ2) is 8.34. The molecule has 1 aliphatic rings. The van der Waals surface area contributed by atoms with Gasteiger partial charge in [-0.3, -0.25) is 28.5 Å². The molecular weight excluding hydrogens is 370 g/mol. The molecule has 156 valence electrons. The Bertz CT molecular complexity index is 1030. The van der Waals surface area contributed by atoms with Crippen molar-refractivity contribution in [3.05, 3.63) is 61.8 Å². The summed E-state index contributed by atoms with van der Waals surface area (Å²) >= 11 is 0. The van der Waals surface area contributed by atoms with E-state index in [1.54, 1.807) is 6.92 Å². The molecule has 1 fully saturated rings. The number of aryl methyl sites for hydroxylation is 1. The fraction of sp³-hybridized carbons (Fsp3) is 0.476. The van der Waals surface area contributed by atoms with Crippen LogP contribution in [0.4, 0.5) is 5.82 Å².